The van der Waals surface area contributed by atoms with Crippen molar-refractivity contribution in [2.75, 3.05) is 12.4 Å². The molecule has 0 aliphatic carbocycles. The van der Waals surface area contributed by atoms with Crippen LogP contribution in [0.5, 0.6) is 0 Å². The number of hydrogen-bond acceptors (Lipinski definition) is 7. The normalized spacial score (nSPS) is 17.6. The molecular weight excluding hydrogens is 475 g/mol. The molecule has 6 nitrogen and oxygen atoms in total. The second-order valence-corrected chi connectivity index (χ2v) is 12.7. The molecule has 0 N–H and O–H groups in total. The van der Waals surface area contributed by atoms with E-state index in [4.69, 9.17) is 18.8 Å². The van der Waals surface area contributed by atoms with Crippen LogP contribution in [0.2, 0.25) is 0 Å². The van der Waals surface area contributed by atoms with E-state index in [-0.39, 0.29) is 5.97 Å². The van der Waals surface area contributed by atoms with E-state index in [9.17, 15) is 9.59 Å². The summed E-state index contributed by atoms with van der Waals surface area (Å²) in [6.45, 7) is 18.3. The van der Waals surface area contributed by atoms with Gasteiger partial charge in [0.2, 0.25) is 0 Å². The summed E-state index contributed by atoms with van der Waals surface area (Å²) in [6, 6.07) is 5.54. The summed E-state index contributed by atoms with van der Waals surface area (Å²) in [4.78, 5) is 26.1. The molecule has 0 amide bonds. The largest absolute Gasteiger partial charge is 0.494 e. The zero-order valence-corrected chi connectivity index (χ0v) is 24.5. The molecule has 1 aliphatic heterocycles. The number of ether oxygens (including phenoxy) is 2. The summed E-state index contributed by atoms with van der Waals surface area (Å²) < 4.78 is 23.6. The molecule has 1 unspecified atom stereocenters. The van der Waals surface area contributed by atoms with Crippen LogP contribution >= 0.6 is 11.8 Å². The number of benzene rings is 1. The van der Waals surface area contributed by atoms with E-state index in [1.807, 2.05) is 54.5 Å². The number of carbonyl (C=O) groups excluding carboxylic acids is 2. The van der Waals surface area contributed by atoms with E-state index >= 15 is 0 Å². The molecule has 2 rings (SSSR count). The first kappa shape index (κ1) is 30.7. The maximum absolute atomic E-state index is 12.9. The highest BCUT2D eigenvalue weighted by Gasteiger charge is 2.51. The average molecular weight is 521 g/mol. The number of carbonyl (C=O) groups is 2. The van der Waals surface area contributed by atoms with Crippen LogP contribution in [0.25, 0.3) is 0 Å². The number of thioether (sulfide) groups is 1. The minimum absolute atomic E-state index is 0.188. The fraction of sp³-hybridized carbons (Fsp3) is 0.714. The highest BCUT2D eigenvalue weighted by atomic mass is 32.2. The maximum Gasteiger partial charge on any atom is 0.494 e. The molecule has 1 saturated heterocycles. The monoisotopic (exact) mass is 520 g/mol. The van der Waals surface area contributed by atoms with Crippen molar-refractivity contribution < 1.29 is 28.4 Å². The van der Waals surface area contributed by atoms with Crippen molar-refractivity contribution in [3.05, 3.63) is 23.8 Å². The predicted octanol–water partition coefficient (Wildman–Crippen LogP) is 6.18. The second-order valence-electron chi connectivity index (χ2n) is 11.6. The Balaban J connectivity index is 2.10. The van der Waals surface area contributed by atoms with E-state index in [1.165, 1.54) is 11.8 Å². The summed E-state index contributed by atoms with van der Waals surface area (Å²) in [5.74, 6) is 0.381. The van der Waals surface area contributed by atoms with Crippen molar-refractivity contribution in [1.29, 1.82) is 0 Å². The summed E-state index contributed by atoms with van der Waals surface area (Å²) in [6.07, 6.45) is 4.72. The summed E-state index contributed by atoms with van der Waals surface area (Å²) >= 11 is 1.51. The molecule has 0 radical (unpaired) electrons. The third kappa shape index (κ3) is 9.11. The second kappa shape index (κ2) is 12.8. The highest BCUT2D eigenvalue weighted by molar-refractivity contribution is 7.99. The van der Waals surface area contributed by atoms with E-state index in [0.29, 0.717) is 30.3 Å². The molecular formula is C28H45BO6S. The molecule has 1 aromatic carbocycles. The zero-order valence-electron chi connectivity index (χ0n) is 23.7. The number of unbranched alkanes of at least 4 members (excludes halogenated alkanes) is 1. The van der Waals surface area contributed by atoms with Crippen molar-refractivity contribution in [3.63, 3.8) is 0 Å². The van der Waals surface area contributed by atoms with Gasteiger partial charge in [-0.1, -0.05) is 33.1 Å². The Morgan fingerprint density at radius 3 is 2.25 bits per heavy atom. The first-order valence-electron chi connectivity index (χ1n) is 13.2. The quantitative estimate of drug-likeness (QED) is 0.185. The Labute approximate surface area is 222 Å². The molecule has 1 fully saturated rings. The van der Waals surface area contributed by atoms with Gasteiger partial charge in [-0.2, -0.15) is 0 Å². The van der Waals surface area contributed by atoms with Crippen LogP contribution in [0.1, 0.15) is 105 Å². The van der Waals surface area contributed by atoms with Gasteiger partial charge in [0.25, 0.3) is 0 Å². The minimum Gasteiger partial charge on any atom is -0.465 e. The van der Waals surface area contributed by atoms with Crippen molar-refractivity contribution >= 4 is 36.3 Å². The molecule has 8 heteroatoms. The average Bonchev–Trinajstić information content (AvgIpc) is 2.99. The van der Waals surface area contributed by atoms with Gasteiger partial charge in [0, 0.05) is 10.6 Å². The molecule has 1 aliphatic rings. The lowest BCUT2D eigenvalue weighted by molar-refractivity contribution is -0.144. The zero-order chi connectivity index (χ0) is 27.1. The molecule has 0 bridgehead atoms. The third-order valence-corrected chi connectivity index (χ3v) is 7.66. The number of esters is 2. The SMILES string of the molecule is CCCCC(CC)COC(=O)CCSc1cc(B2OC(C)(C)C(C)(C)O2)cc(C(=O)OC(C)(C)C)c1. The Morgan fingerprint density at radius 1 is 1.06 bits per heavy atom. The van der Waals surface area contributed by atoms with Crippen LogP contribution in [0.15, 0.2) is 23.1 Å². The van der Waals surface area contributed by atoms with Crippen LogP contribution < -0.4 is 5.46 Å². The van der Waals surface area contributed by atoms with Gasteiger partial charge < -0.3 is 18.8 Å². The van der Waals surface area contributed by atoms with Crippen LogP contribution in [0, 0.1) is 5.92 Å². The molecule has 1 aromatic rings. The fourth-order valence-corrected chi connectivity index (χ4v) is 4.64. The van der Waals surface area contributed by atoms with Crippen LogP contribution in [0.4, 0.5) is 0 Å². The Morgan fingerprint density at radius 2 is 1.69 bits per heavy atom. The van der Waals surface area contributed by atoms with Crippen molar-refractivity contribution in [2.45, 2.75) is 116 Å². The molecule has 36 heavy (non-hydrogen) atoms. The smallest absolute Gasteiger partial charge is 0.465 e. The van der Waals surface area contributed by atoms with E-state index in [0.717, 1.165) is 36.0 Å². The lowest BCUT2D eigenvalue weighted by Crippen LogP contribution is -2.41. The summed E-state index contributed by atoms with van der Waals surface area (Å²) in [5, 5.41) is 0. The number of hydrogen-bond donors (Lipinski definition) is 0. The molecule has 0 aromatic heterocycles. The van der Waals surface area contributed by atoms with Crippen LogP contribution in [-0.2, 0) is 23.6 Å². The molecule has 0 saturated carbocycles. The number of rotatable bonds is 12. The van der Waals surface area contributed by atoms with E-state index in [1.54, 1.807) is 12.1 Å². The van der Waals surface area contributed by atoms with Gasteiger partial charge in [0.1, 0.15) is 5.60 Å². The predicted molar refractivity (Wildman–Crippen MR) is 147 cm³/mol. The molecule has 202 valence electrons. The van der Waals surface area contributed by atoms with Gasteiger partial charge in [-0.15, -0.1) is 11.8 Å². The summed E-state index contributed by atoms with van der Waals surface area (Å²) in [5.41, 5.74) is -0.413. The minimum atomic E-state index is -0.609. The Bertz CT molecular complexity index is 877. The Kier molecular flexibility index (Phi) is 11.0. The highest BCUT2D eigenvalue weighted by Crippen LogP contribution is 2.37. The van der Waals surface area contributed by atoms with Crippen LogP contribution in [0.3, 0.4) is 0 Å². The van der Waals surface area contributed by atoms with Gasteiger partial charge in [-0.3, -0.25) is 4.79 Å². The van der Waals surface area contributed by atoms with Crippen LogP contribution in [-0.4, -0.2) is 48.2 Å². The van der Waals surface area contributed by atoms with Gasteiger partial charge >= 0.3 is 19.1 Å². The fourth-order valence-electron chi connectivity index (χ4n) is 3.71. The molecule has 1 heterocycles. The standard InChI is InChI=1S/C28H45BO6S/c1-10-12-13-20(11-2)19-32-24(30)14-15-36-23-17-21(25(31)33-26(3,4)5)16-22(18-23)29-34-27(6,7)28(8,9)35-29/h16-18,20H,10-15,19H2,1-9H3. The van der Waals surface area contributed by atoms with Gasteiger partial charge in [0.05, 0.1) is 29.8 Å². The van der Waals surface area contributed by atoms with E-state index < -0.39 is 29.9 Å². The van der Waals surface area contributed by atoms with Gasteiger partial charge in [-0.25, -0.2) is 4.79 Å². The maximum atomic E-state index is 12.9. The topological polar surface area (TPSA) is 71.1 Å². The molecule has 1 atom stereocenters. The lowest BCUT2D eigenvalue weighted by atomic mass is 9.78. The van der Waals surface area contributed by atoms with Gasteiger partial charge in [0.15, 0.2) is 0 Å². The first-order valence-corrected chi connectivity index (χ1v) is 14.2. The van der Waals surface area contributed by atoms with Crippen molar-refractivity contribution in [1.82, 2.24) is 0 Å². The third-order valence-electron chi connectivity index (χ3n) is 6.69. The van der Waals surface area contributed by atoms with Crippen molar-refractivity contribution in [2.24, 2.45) is 5.92 Å². The van der Waals surface area contributed by atoms with Crippen molar-refractivity contribution in [3.8, 4) is 0 Å². The van der Waals surface area contributed by atoms with Gasteiger partial charge in [-0.05, 0) is 84.5 Å². The van der Waals surface area contributed by atoms with E-state index in [2.05, 4.69) is 13.8 Å². The lowest BCUT2D eigenvalue weighted by Gasteiger charge is -2.32. The Hall–Kier alpha value is -1.51. The molecule has 0 spiro atoms. The first-order chi connectivity index (χ1) is 16.7. The summed E-state index contributed by atoms with van der Waals surface area (Å²) in [7, 11) is -0.601.